The Morgan fingerprint density at radius 1 is 0.475 bits per heavy atom. The summed E-state index contributed by atoms with van der Waals surface area (Å²) in [6, 6.07) is -2.07. The molecule has 8 unspecified atom stereocenters. The number of unbranched alkanes of at least 4 members (excludes halogenated alkanes) is 8. The van der Waals surface area contributed by atoms with Gasteiger partial charge in [-0.2, -0.15) is 0 Å². The summed E-state index contributed by atoms with van der Waals surface area (Å²) >= 11 is 0. The van der Waals surface area contributed by atoms with Crippen molar-refractivity contribution in [2.75, 3.05) is 80.2 Å². The van der Waals surface area contributed by atoms with Crippen LogP contribution in [0.4, 0.5) is 0 Å². The smallest absolute Gasteiger partial charge is 0.328 e. The van der Waals surface area contributed by atoms with E-state index in [4.69, 9.17) is 67.1 Å². The lowest BCUT2D eigenvalue weighted by Gasteiger charge is -2.45. The molecule has 0 aromatic heterocycles. The number of rotatable bonds is 48. The lowest BCUT2D eigenvalue weighted by atomic mass is 9.97. The third-order valence-corrected chi connectivity index (χ3v) is 16.7. The van der Waals surface area contributed by atoms with Crippen molar-refractivity contribution >= 4 is 29.7 Å². The summed E-state index contributed by atoms with van der Waals surface area (Å²) in [5.74, 6) is -3.17. The lowest BCUT2D eigenvalue weighted by molar-refractivity contribution is -0.349. The van der Waals surface area contributed by atoms with E-state index in [1.807, 2.05) is 0 Å². The number of hydrogen-bond acceptors (Lipinski definition) is 29. The fraction of sp³-hybridized carbons (Fsp3) is 0.831. The number of esters is 2. The Morgan fingerprint density at radius 3 is 1.41 bits per heavy atom. The lowest BCUT2D eigenvalue weighted by Crippen LogP contribution is -2.63. The minimum absolute atomic E-state index is 0.0186. The van der Waals surface area contributed by atoms with Gasteiger partial charge in [-0.25, -0.2) is 9.59 Å². The highest BCUT2D eigenvalue weighted by Crippen LogP contribution is 2.31. The number of aliphatic hydroxyl groups is 10. The molecule has 4 rings (SSSR count). The number of allylic oxidation sites excluding steroid dienone is 6. The van der Waals surface area contributed by atoms with Gasteiger partial charge < -0.3 is 129 Å². The molecule has 99 heavy (non-hydrogen) atoms. The number of carbonyl (C=O) groups excluding carboxylic acids is 5. The summed E-state index contributed by atoms with van der Waals surface area (Å²) in [6.07, 6.45) is -9.26. The van der Waals surface area contributed by atoms with Gasteiger partial charge in [0.15, 0.2) is 25.2 Å². The number of azide groups is 1. The van der Waals surface area contributed by atoms with Gasteiger partial charge >= 0.3 is 11.9 Å². The third-order valence-electron chi connectivity index (χ3n) is 16.7. The Hall–Kier alpha value is -4.96. The molecule has 0 saturated carbocycles. The van der Waals surface area contributed by atoms with Gasteiger partial charge in [0.1, 0.15) is 123 Å². The topological polar surface area (TPSA) is 492 Å². The van der Waals surface area contributed by atoms with Crippen LogP contribution in [0.15, 0.2) is 41.6 Å². The Kier molecular flexibility index (Phi) is 42.6. The number of ether oxygens (including phenoxy) is 13. The van der Waals surface area contributed by atoms with Crippen LogP contribution in [0.2, 0.25) is 0 Å². The molecular weight excluding hydrogens is 1310 g/mol. The Morgan fingerprint density at radius 2 is 0.919 bits per heavy atom. The molecule has 3 amide bonds. The molecule has 34 heteroatoms. The Balaban J connectivity index is 1.30. The summed E-state index contributed by atoms with van der Waals surface area (Å²) < 4.78 is 72.4. The zero-order chi connectivity index (χ0) is 72.7. The molecule has 4 fully saturated rings. The maximum atomic E-state index is 13.3. The normalized spacial score (nSPS) is 31.0. The van der Waals surface area contributed by atoms with Gasteiger partial charge in [0.05, 0.1) is 39.6 Å². The fourth-order valence-electron chi connectivity index (χ4n) is 11.1. The first-order chi connectivity index (χ1) is 47.7. The minimum atomic E-state index is -2.01. The van der Waals surface area contributed by atoms with Crippen LogP contribution in [0.3, 0.4) is 0 Å². The standard InChI is InChI=1S/C65H110N6O28/c1-6-9-10-11-12-13-14-15-16-17-18-19-20-21-22-23-30-45(72)69-39(60(85)89-7-2)28-24-26-31-67-46(73)37-91-58-50(77)43(96-62(88-5)56(58)83)35-93-64-55(82)53(80)49(76)42(98-64)34-95-65-57(84)59(92-38-47(74)70-40(61(86)90-8-3)29-25-27-32-68-71-66)51(78)44(99-65)36-94-63-54(81)52(79)48(75)41(97-63)33-87-4/h13-14,16-17,19-20,39-44,48-59,62-65,75-84H,6-12,15,18,21-38H2,1-5H3,(H,67,73)(H,69,72)(H,70,74)/b14-13-,17-16-,20-19-/t39-,40-,41?,42?,43?,44?,48+,49+,50+,51+,52-,53-,54?,55?,56?,57?,58-,59-,62-,63+,64+,65-/m0/s1. The van der Waals surface area contributed by atoms with Crippen molar-refractivity contribution < 1.29 is 137 Å². The molecule has 568 valence electrons. The zero-order valence-corrected chi connectivity index (χ0v) is 57.4. The van der Waals surface area contributed by atoms with Crippen molar-refractivity contribution in [2.45, 2.75) is 265 Å². The van der Waals surface area contributed by atoms with Crippen molar-refractivity contribution in [2.24, 2.45) is 5.11 Å². The van der Waals surface area contributed by atoms with E-state index in [2.05, 4.69) is 69.4 Å². The highest BCUT2D eigenvalue weighted by molar-refractivity contribution is 5.85. The molecule has 13 N–H and O–H groups in total. The third kappa shape index (κ3) is 30.1. The molecule has 0 bridgehead atoms. The van der Waals surface area contributed by atoms with Crippen molar-refractivity contribution in [3.05, 3.63) is 46.9 Å². The number of hydrogen-bond donors (Lipinski definition) is 13. The Bertz CT molecular complexity index is 2450. The quantitative estimate of drug-likeness (QED) is 0.00908. The number of aliphatic hydroxyl groups excluding tert-OH is 10. The van der Waals surface area contributed by atoms with E-state index in [0.29, 0.717) is 32.1 Å². The molecule has 0 spiro atoms. The average Bonchev–Trinajstić information content (AvgIpc) is 0.809. The first-order valence-electron chi connectivity index (χ1n) is 34.3. The van der Waals surface area contributed by atoms with E-state index in [0.717, 1.165) is 32.1 Å². The van der Waals surface area contributed by atoms with Crippen LogP contribution in [-0.4, -0.2) is 296 Å². The maximum absolute atomic E-state index is 13.3. The largest absolute Gasteiger partial charge is 0.464 e. The molecule has 4 aliphatic rings. The van der Waals surface area contributed by atoms with E-state index < -0.39 is 192 Å². The monoisotopic (exact) mass is 1420 g/mol. The fourth-order valence-corrected chi connectivity index (χ4v) is 11.1. The maximum Gasteiger partial charge on any atom is 0.328 e. The van der Waals surface area contributed by atoms with E-state index in [-0.39, 0.29) is 58.1 Å². The average molecular weight is 1420 g/mol. The molecule has 4 saturated heterocycles. The van der Waals surface area contributed by atoms with E-state index in [1.165, 1.54) is 39.9 Å². The highest BCUT2D eigenvalue weighted by atomic mass is 16.8. The molecule has 4 aliphatic heterocycles. The van der Waals surface area contributed by atoms with Crippen LogP contribution >= 0.6 is 0 Å². The summed E-state index contributed by atoms with van der Waals surface area (Å²) in [4.78, 5) is 67.4. The molecular formula is C65H110N6O28. The summed E-state index contributed by atoms with van der Waals surface area (Å²) in [5, 5.41) is 122. The number of carbonyl (C=O) groups is 5. The van der Waals surface area contributed by atoms with Crippen LogP contribution in [0, 0.1) is 0 Å². The number of methoxy groups -OCH3 is 2. The van der Waals surface area contributed by atoms with Gasteiger partial charge in [0, 0.05) is 38.6 Å². The van der Waals surface area contributed by atoms with Gasteiger partial charge in [-0.05, 0) is 96.4 Å². The highest BCUT2D eigenvalue weighted by Gasteiger charge is 2.52. The van der Waals surface area contributed by atoms with E-state index >= 15 is 0 Å². The summed E-state index contributed by atoms with van der Waals surface area (Å²) in [5.41, 5.74) is 8.60. The van der Waals surface area contributed by atoms with Crippen molar-refractivity contribution in [3.8, 4) is 0 Å². The van der Waals surface area contributed by atoms with Crippen LogP contribution in [-0.2, 0) is 85.6 Å². The van der Waals surface area contributed by atoms with Gasteiger partial charge in [0.25, 0.3) is 0 Å². The van der Waals surface area contributed by atoms with Gasteiger partial charge in [-0.3, -0.25) is 14.4 Å². The first-order valence-corrected chi connectivity index (χ1v) is 34.3. The predicted molar refractivity (Wildman–Crippen MR) is 347 cm³/mol. The summed E-state index contributed by atoms with van der Waals surface area (Å²) in [7, 11) is 2.48. The van der Waals surface area contributed by atoms with Gasteiger partial charge in [-0.1, -0.05) is 74.2 Å². The van der Waals surface area contributed by atoms with Crippen LogP contribution in [0.5, 0.6) is 0 Å². The minimum Gasteiger partial charge on any atom is -0.464 e. The number of nitrogens with zero attached hydrogens (tertiary/aromatic N) is 3. The molecule has 34 nitrogen and oxygen atoms in total. The zero-order valence-electron chi connectivity index (χ0n) is 57.4. The van der Waals surface area contributed by atoms with E-state index in [9.17, 15) is 75.0 Å². The van der Waals surface area contributed by atoms with Gasteiger partial charge in [-0.15, -0.1) is 0 Å². The van der Waals surface area contributed by atoms with Crippen molar-refractivity contribution in [3.63, 3.8) is 0 Å². The second-order valence-corrected chi connectivity index (χ2v) is 24.3. The van der Waals surface area contributed by atoms with Gasteiger partial charge in [0.2, 0.25) is 17.7 Å². The molecule has 0 aliphatic carbocycles. The van der Waals surface area contributed by atoms with E-state index in [1.54, 1.807) is 13.8 Å². The van der Waals surface area contributed by atoms with Crippen molar-refractivity contribution in [1.29, 1.82) is 0 Å². The predicted octanol–water partition coefficient (Wildman–Crippen LogP) is -0.550. The second kappa shape index (κ2) is 48.8. The molecule has 4 heterocycles. The molecule has 22 atom stereocenters. The molecule has 0 radical (unpaired) electrons. The Labute approximate surface area is 577 Å². The molecule has 0 aromatic rings. The van der Waals surface area contributed by atoms with Crippen LogP contribution in [0.1, 0.15) is 130 Å². The SMILES string of the molecule is CCCCCC/C=C\C/C=C\C/C=C\CCCCC(=O)N[C@@H](CCCCNC(=O)CO[C@@H]1C(O)[C@@H](OC)OC(CO[C@@H]2OC(CO[C@H]3OC(CO[C@@H]4OC(COC)[C@@H](O)[C@H](O)C4O)[C@@H](O)[C@H](OCC(=O)N[C@@H](CCCCN=[N+]=[N-])C(=O)OCC)C3O)[C@@H](O)[C@H](O)C2O)[C@H]1O)C(=O)OCC. The van der Waals surface area contributed by atoms with Crippen LogP contribution < -0.4 is 16.0 Å². The summed E-state index contributed by atoms with van der Waals surface area (Å²) in [6.45, 7) is 1.80. The number of amides is 3. The molecule has 0 aromatic carbocycles. The van der Waals surface area contributed by atoms with Crippen LogP contribution in [0.25, 0.3) is 10.4 Å². The van der Waals surface area contributed by atoms with Crippen molar-refractivity contribution in [1.82, 2.24) is 16.0 Å². The second-order valence-electron chi connectivity index (χ2n) is 24.3. The number of nitrogens with one attached hydrogen (secondary N) is 3. The first kappa shape index (κ1) is 86.4.